The number of anilines is 2. The zero-order valence-corrected chi connectivity index (χ0v) is 17.2. The first-order valence-electron chi connectivity index (χ1n) is 9.65. The van der Waals surface area contributed by atoms with E-state index in [9.17, 15) is 0 Å². The van der Waals surface area contributed by atoms with Gasteiger partial charge in [0.25, 0.3) is 0 Å². The monoisotopic (exact) mass is 412 g/mol. The van der Waals surface area contributed by atoms with Gasteiger partial charge >= 0.3 is 0 Å². The molecule has 3 aromatic rings. The summed E-state index contributed by atoms with van der Waals surface area (Å²) in [5, 5.41) is 5.32. The number of rotatable bonds is 8. The minimum atomic E-state index is 0.607. The molecule has 0 saturated carbocycles. The molecule has 0 amide bonds. The van der Waals surface area contributed by atoms with E-state index in [1.165, 1.54) is 0 Å². The molecule has 9 heteroatoms. The fourth-order valence-electron chi connectivity index (χ4n) is 3.09. The lowest BCUT2D eigenvalue weighted by molar-refractivity contribution is 0.122. The van der Waals surface area contributed by atoms with Crippen LogP contribution in [0.25, 0.3) is 21.8 Å². The number of nitrogens with one attached hydrogen (secondary N) is 1. The van der Waals surface area contributed by atoms with Gasteiger partial charge in [-0.25, -0.2) is 19.9 Å². The zero-order valence-electron chi connectivity index (χ0n) is 16.4. The molecule has 0 bridgehead atoms. The van der Waals surface area contributed by atoms with Crippen LogP contribution in [0.3, 0.4) is 0 Å². The number of hydrogen-bond acceptors (Lipinski definition) is 9. The van der Waals surface area contributed by atoms with E-state index in [1.807, 2.05) is 23.7 Å². The summed E-state index contributed by atoms with van der Waals surface area (Å²) in [5.41, 5.74) is 2.58. The highest BCUT2D eigenvalue weighted by molar-refractivity contribution is 7.13. The largest absolute Gasteiger partial charge is 0.385 e. The summed E-state index contributed by atoms with van der Waals surface area (Å²) < 4.78 is 10.5. The Balaban J connectivity index is 1.64. The van der Waals surface area contributed by atoms with Crippen LogP contribution in [0.1, 0.15) is 6.42 Å². The van der Waals surface area contributed by atoms with Crippen molar-refractivity contribution >= 4 is 23.2 Å². The fourth-order valence-corrected chi connectivity index (χ4v) is 3.81. The molecule has 1 fully saturated rings. The van der Waals surface area contributed by atoms with E-state index in [1.54, 1.807) is 24.6 Å². The van der Waals surface area contributed by atoms with Crippen molar-refractivity contribution in [1.29, 1.82) is 0 Å². The molecule has 0 radical (unpaired) electrons. The smallest absolute Gasteiger partial charge is 0.226 e. The van der Waals surface area contributed by atoms with Gasteiger partial charge in [-0.15, -0.1) is 11.3 Å². The Morgan fingerprint density at radius 1 is 1.21 bits per heavy atom. The van der Waals surface area contributed by atoms with Crippen LogP contribution in [0, 0.1) is 0 Å². The van der Waals surface area contributed by atoms with E-state index in [0.717, 1.165) is 47.9 Å². The Morgan fingerprint density at radius 2 is 2.10 bits per heavy atom. The first-order valence-corrected chi connectivity index (χ1v) is 10.5. The van der Waals surface area contributed by atoms with Crippen molar-refractivity contribution in [3.63, 3.8) is 0 Å². The average molecular weight is 413 g/mol. The lowest BCUT2D eigenvalue weighted by Gasteiger charge is -2.26. The molecule has 0 spiro atoms. The van der Waals surface area contributed by atoms with Crippen molar-refractivity contribution in [3.05, 3.63) is 36.0 Å². The minimum absolute atomic E-state index is 0.607. The van der Waals surface area contributed by atoms with E-state index < -0.39 is 0 Å². The number of hydrogen-bond donors (Lipinski definition) is 1. The summed E-state index contributed by atoms with van der Waals surface area (Å²) >= 11 is 1.65. The molecular formula is C20H24N6O2S. The van der Waals surface area contributed by atoms with Crippen molar-refractivity contribution in [3.8, 4) is 21.8 Å². The average Bonchev–Trinajstić information content (AvgIpc) is 3.32. The van der Waals surface area contributed by atoms with Gasteiger partial charge in [-0.3, -0.25) is 0 Å². The molecule has 4 heterocycles. The third-order valence-electron chi connectivity index (χ3n) is 4.56. The molecule has 1 aliphatic heterocycles. The number of thiophene rings is 1. The molecule has 0 unspecified atom stereocenters. The highest BCUT2D eigenvalue weighted by Gasteiger charge is 2.17. The van der Waals surface area contributed by atoms with Crippen molar-refractivity contribution in [2.24, 2.45) is 0 Å². The molecule has 0 atom stereocenters. The van der Waals surface area contributed by atoms with Crippen LogP contribution < -0.4 is 10.2 Å². The van der Waals surface area contributed by atoms with Crippen LogP contribution in [0.5, 0.6) is 0 Å². The van der Waals surface area contributed by atoms with Crippen LogP contribution in [0.2, 0.25) is 0 Å². The van der Waals surface area contributed by atoms with Crippen LogP contribution in [-0.4, -0.2) is 66.5 Å². The Kier molecular flexibility index (Phi) is 6.60. The standard InChI is InChI=1S/C20H24N6O2S/c1-27-10-3-6-21-19-23-14-15(18(25-19)17-4-2-13-29-17)16-5-7-22-20(24-16)26-8-11-28-12-9-26/h2,4-5,7,13-14H,3,6,8-12H2,1H3,(H,21,23,25). The van der Waals surface area contributed by atoms with Crippen LogP contribution >= 0.6 is 11.3 Å². The molecule has 1 aliphatic rings. The topological polar surface area (TPSA) is 85.3 Å². The summed E-state index contributed by atoms with van der Waals surface area (Å²) in [6.45, 7) is 4.44. The predicted molar refractivity (Wildman–Crippen MR) is 114 cm³/mol. The number of aromatic nitrogens is 4. The van der Waals surface area contributed by atoms with Crippen molar-refractivity contribution in [2.45, 2.75) is 6.42 Å². The fraction of sp³-hybridized carbons (Fsp3) is 0.400. The molecule has 8 nitrogen and oxygen atoms in total. The van der Waals surface area contributed by atoms with Crippen molar-refractivity contribution < 1.29 is 9.47 Å². The van der Waals surface area contributed by atoms with Crippen LogP contribution in [0.15, 0.2) is 36.0 Å². The van der Waals surface area contributed by atoms with Crippen molar-refractivity contribution in [2.75, 3.05) is 56.8 Å². The van der Waals surface area contributed by atoms with Gasteiger partial charge in [-0.2, -0.15) is 0 Å². The van der Waals surface area contributed by atoms with E-state index in [2.05, 4.69) is 26.3 Å². The molecule has 0 aliphatic carbocycles. The minimum Gasteiger partial charge on any atom is -0.385 e. The maximum Gasteiger partial charge on any atom is 0.226 e. The van der Waals surface area contributed by atoms with Crippen molar-refractivity contribution in [1.82, 2.24) is 19.9 Å². The lowest BCUT2D eigenvalue weighted by Crippen LogP contribution is -2.37. The number of nitrogens with zero attached hydrogens (tertiary/aromatic N) is 5. The van der Waals surface area contributed by atoms with Gasteiger partial charge in [0.2, 0.25) is 11.9 Å². The third-order valence-corrected chi connectivity index (χ3v) is 5.44. The normalized spacial score (nSPS) is 14.2. The molecule has 29 heavy (non-hydrogen) atoms. The van der Waals surface area contributed by atoms with E-state index in [0.29, 0.717) is 31.7 Å². The van der Waals surface area contributed by atoms with E-state index in [4.69, 9.17) is 19.4 Å². The SMILES string of the molecule is COCCCNc1ncc(-c2ccnc(N3CCOCC3)n2)c(-c2cccs2)n1. The van der Waals surface area contributed by atoms with Gasteiger partial charge in [0.1, 0.15) is 0 Å². The Morgan fingerprint density at radius 3 is 2.90 bits per heavy atom. The molecule has 152 valence electrons. The summed E-state index contributed by atoms with van der Waals surface area (Å²) in [5.74, 6) is 1.32. The summed E-state index contributed by atoms with van der Waals surface area (Å²) in [6.07, 6.45) is 4.53. The third kappa shape index (κ3) is 4.87. The summed E-state index contributed by atoms with van der Waals surface area (Å²) in [4.78, 5) is 21.8. The molecule has 0 aromatic carbocycles. The maximum atomic E-state index is 5.43. The second-order valence-corrected chi connectivity index (χ2v) is 7.50. The second-order valence-electron chi connectivity index (χ2n) is 6.55. The Bertz CT molecular complexity index is 915. The van der Waals surface area contributed by atoms with Gasteiger partial charge in [-0.1, -0.05) is 6.07 Å². The Labute approximate surface area is 174 Å². The number of morpholine rings is 1. The van der Waals surface area contributed by atoms with E-state index >= 15 is 0 Å². The van der Waals surface area contributed by atoms with Crippen LogP contribution in [0.4, 0.5) is 11.9 Å². The molecule has 1 N–H and O–H groups in total. The number of methoxy groups -OCH3 is 1. The quantitative estimate of drug-likeness (QED) is 0.565. The highest BCUT2D eigenvalue weighted by Crippen LogP contribution is 2.33. The molecular weight excluding hydrogens is 388 g/mol. The first kappa shape index (κ1) is 19.7. The van der Waals surface area contributed by atoms with Gasteiger partial charge in [0, 0.05) is 51.3 Å². The van der Waals surface area contributed by atoms with Gasteiger partial charge in [-0.05, 0) is 23.9 Å². The summed E-state index contributed by atoms with van der Waals surface area (Å²) in [6, 6.07) is 6.00. The second kappa shape index (κ2) is 9.73. The lowest BCUT2D eigenvalue weighted by atomic mass is 10.1. The first-order chi connectivity index (χ1) is 14.3. The predicted octanol–water partition coefficient (Wildman–Crippen LogP) is 2.95. The van der Waals surface area contributed by atoms with Crippen LogP contribution in [-0.2, 0) is 9.47 Å². The molecule has 3 aromatic heterocycles. The Hall–Kier alpha value is -2.62. The van der Waals surface area contributed by atoms with Gasteiger partial charge in [0.15, 0.2) is 0 Å². The summed E-state index contributed by atoms with van der Waals surface area (Å²) in [7, 11) is 1.70. The van der Waals surface area contributed by atoms with E-state index in [-0.39, 0.29) is 0 Å². The maximum absolute atomic E-state index is 5.43. The van der Waals surface area contributed by atoms with Gasteiger partial charge < -0.3 is 19.7 Å². The molecule has 4 rings (SSSR count). The number of ether oxygens (including phenoxy) is 2. The molecule has 1 saturated heterocycles. The zero-order chi connectivity index (χ0) is 19.9. The highest BCUT2D eigenvalue weighted by atomic mass is 32.1. The van der Waals surface area contributed by atoms with Gasteiger partial charge in [0.05, 0.1) is 29.5 Å².